The Morgan fingerprint density at radius 1 is 0.750 bits per heavy atom. The molecule has 0 aliphatic heterocycles. The van der Waals surface area contributed by atoms with Crippen LogP contribution in [0.2, 0.25) is 0 Å². The highest BCUT2D eigenvalue weighted by Crippen LogP contribution is 2.23. The first kappa shape index (κ1) is 19.9. The van der Waals surface area contributed by atoms with Crippen LogP contribution in [0.3, 0.4) is 0 Å². The van der Waals surface area contributed by atoms with Gasteiger partial charge >= 0.3 is 0 Å². The van der Waals surface area contributed by atoms with Gasteiger partial charge in [-0.15, -0.1) is 0 Å². The fourth-order valence-electron chi connectivity index (χ4n) is 2.43. The van der Waals surface area contributed by atoms with Crippen LogP contribution in [0.15, 0.2) is 0 Å². The molecule has 20 heavy (non-hydrogen) atoms. The summed E-state index contributed by atoms with van der Waals surface area (Å²) in [5.74, 6) is 0. The molecule has 0 radical (unpaired) electrons. The third kappa shape index (κ3) is 11.7. The van der Waals surface area contributed by atoms with Gasteiger partial charge in [-0.25, -0.2) is 0 Å². The van der Waals surface area contributed by atoms with E-state index in [4.69, 9.17) is 9.47 Å². The highest BCUT2D eigenvalue weighted by atomic mass is 16.5. The summed E-state index contributed by atoms with van der Waals surface area (Å²) < 4.78 is 11.4. The summed E-state index contributed by atoms with van der Waals surface area (Å²) in [5, 5.41) is 0. The molecule has 0 aliphatic carbocycles. The maximum Gasteiger partial charge on any atom is 0.0652 e. The lowest BCUT2D eigenvalue weighted by Crippen LogP contribution is -2.28. The van der Waals surface area contributed by atoms with E-state index in [9.17, 15) is 0 Å². The molecule has 2 heteroatoms. The van der Waals surface area contributed by atoms with Gasteiger partial charge in [0.25, 0.3) is 0 Å². The van der Waals surface area contributed by atoms with Crippen molar-refractivity contribution in [3.8, 4) is 0 Å². The van der Waals surface area contributed by atoms with Crippen LogP contribution in [-0.4, -0.2) is 25.4 Å². The van der Waals surface area contributed by atoms with Gasteiger partial charge in [-0.3, -0.25) is 0 Å². The number of rotatable bonds is 15. The Hall–Kier alpha value is -0.0800. The highest BCUT2D eigenvalue weighted by molar-refractivity contribution is 4.73. The van der Waals surface area contributed by atoms with Gasteiger partial charge in [-0.05, 0) is 33.1 Å². The SMILES string of the molecule is CCCCCCCCCC(C)(CC)OCCCOCC. The number of hydrogen-bond donors (Lipinski definition) is 0. The van der Waals surface area contributed by atoms with E-state index in [0.717, 1.165) is 32.7 Å². The van der Waals surface area contributed by atoms with Gasteiger partial charge in [0, 0.05) is 19.8 Å². The molecule has 0 saturated heterocycles. The topological polar surface area (TPSA) is 18.5 Å². The molecule has 122 valence electrons. The van der Waals surface area contributed by atoms with Gasteiger partial charge < -0.3 is 9.47 Å². The van der Waals surface area contributed by atoms with Crippen LogP contribution in [0.1, 0.15) is 91.9 Å². The van der Waals surface area contributed by atoms with Crippen molar-refractivity contribution < 1.29 is 9.47 Å². The minimum atomic E-state index is 0.0790. The lowest BCUT2D eigenvalue weighted by Gasteiger charge is -2.29. The van der Waals surface area contributed by atoms with E-state index < -0.39 is 0 Å². The summed E-state index contributed by atoms with van der Waals surface area (Å²) in [6.07, 6.45) is 12.9. The summed E-state index contributed by atoms with van der Waals surface area (Å²) >= 11 is 0. The molecule has 0 fully saturated rings. The summed E-state index contributed by atoms with van der Waals surface area (Å²) in [7, 11) is 0. The van der Waals surface area contributed by atoms with Crippen LogP contribution in [-0.2, 0) is 9.47 Å². The van der Waals surface area contributed by atoms with Gasteiger partial charge in [-0.2, -0.15) is 0 Å². The molecule has 0 aliphatic rings. The monoisotopic (exact) mass is 286 g/mol. The Morgan fingerprint density at radius 2 is 1.40 bits per heavy atom. The molecular weight excluding hydrogens is 248 g/mol. The summed E-state index contributed by atoms with van der Waals surface area (Å²) in [6, 6.07) is 0. The second-order valence-electron chi connectivity index (χ2n) is 6.07. The fraction of sp³-hybridized carbons (Fsp3) is 1.00. The molecule has 0 amide bonds. The highest BCUT2D eigenvalue weighted by Gasteiger charge is 2.21. The molecule has 0 aromatic rings. The third-order valence-corrected chi connectivity index (χ3v) is 4.14. The largest absolute Gasteiger partial charge is 0.382 e. The molecular formula is C18H38O2. The van der Waals surface area contributed by atoms with E-state index in [1.54, 1.807) is 0 Å². The number of unbranched alkanes of at least 4 members (excludes halogenated alkanes) is 6. The molecule has 0 saturated carbocycles. The van der Waals surface area contributed by atoms with Crippen molar-refractivity contribution in [1.82, 2.24) is 0 Å². The molecule has 1 atom stereocenters. The van der Waals surface area contributed by atoms with Crippen molar-refractivity contribution in [2.24, 2.45) is 0 Å². The van der Waals surface area contributed by atoms with Crippen LogP contribution in [0, 0.1) is 0 Å². The van der Waals surface area contributed by atoms with Crippen LogP contribution in [0.4, 0.5) is 0 Å². The average Bonchev–Trinajstić information content (AvgIpc) is 2.46. The van der Waals surface area contributed by atoms with Gasteiger partial charge in [0.2, 0.25) is 0 Å². The van der Waals surface area contributed by atoms with E-state index in [2.05, 4.69) is 20.8 Å². The zero-order valence-corrected chi connectivity index (χ0v) is 14.5. The number of ether oxygens (including phenoxy) is 2. The third-order valence-electron chi connectivity index (χ3n) is 4.14. The Morgan fingerprint density at radius 3 is 2.00 bits per heavy atom. The average molecular weight is 286 g/mol. The molecule has 0 heterocycles. The molecule has 0 bridgehead atoms. The first-order valence-electron chi connectivity index (χ1n) is 8.90. The summed E-state index contributed by atoms with van der Waals surface area (Å²) in [4.78, 5) is 0. The number of hydrogen-bond acceptors (Lipinski definition) is 2. The van der Waals surface area contributed by atoms with Crippen molar-refractivity contribution in [2.45, 2.75) is 97.5 Å². The van der Waals surface area contributed by atoms with Crippen molar-refractivity contribution in [3.63, 3.8) is 0 Å². The zero-order chi connectivity index (χ0) is 15.1. The van der Waals surface area contributed by atoms with E-state index in [-0.39, 0.29) is 5.60 Å². The Balaban J connectivity index is 3.56. The standard InChI is InChI=1S/C18H38O2/c1-5-8-9-10-11-12-13-15-18(4,6-2)20-17-14-16-19-7-3/h5-17H2,1-4H3. The lowest BCUT2D eigenvalue weighted by molar-refractivity contribution is -0.0488. The maximum absolute atomic E-state index is 6.09. The molecule has 0 aromatic heterocycles. The minimum absolute atomic E-state index is 0.0790. The molecule has 0 N–H and O–H groups in total. The Bertz CT molecular complexity index is 194. The first-order valence-corrected chi connectivity index (χ1v) is 8.90. The predicted octanol–water partition coefficient (Wildman–Crippen LogP) is 5.74. The van der Waals surface area contributed by atoms with E-state index >= 15 is 0 Å². The van der Waals surface area contributed by atoms with E-state index in [0.29, 0.717) is 0 Å². The second-order valence-corrected chi connectivity index (χ2v) is 6.07. The van der Waals surface area contributed by atoms with Crippen LogP contribution in [0.25, 0.3) is 0 Å². The quantitative estimate of drug-likeness (QED) is 0.357. The van der Waals surface area contributed by atoms with Gasteiger partial charge in [-0.1, -0.05) is 58.8 Å². The summed E-state index contributed by atoms with van der Waals surface area (Å²) in [5.41, 5.74) is 0.0790. The van der Waals surface area contributed by atoms with Gasteiger partial charge in [0.15, 0.2) is 0 Å². The first-order chi connectivity index (χ1) is 9.68. The summed E-state index contributed by atoms with van der Waals surface area (Å²) in [6.45, 7) is 11.3. The zero-order valence-electron chi connectivity index (χ0n) is 14.5. The van der Waals surface area contributed by atoms with Crippen molar-refractivity contribution >= 4 is 0 Å². The van der Waals surface area contributed by atoms with Crippen molar-refractivity contribution in [2.75, 3.05) is 19.8 Å². The van der Waals surface area contributed by atoms with Crippen LogP contribution < -0.4 is 0 Å². The molecule has 1 unspecified atom stereocenters. The smallest absolute Gasteiger partial charge is 0.0652 e. The molecule has 0 aromatic carbocycles. The Labute approximate surface area is 127 Å². The van der Waals surface area contributed by atoms with Gasteiger partial charge in [0.05, 0.1) is 5.60 Å². The minimum Gasteiger partial charge on any atom is -0.382 e. The lowest BCUT2D eigenvalue weighted by atomic mass is 9.94. The molecule has 0 spiro atoms. The van der Waals surface area contributed by atoms with Crippen molar-refractivity contribution in [3.05, 3.63) is 0 Å². The van der Waals surface area contributed by atoms with Crippen molar-refractivity contribution in [1.29, 1.82) is 0 Å². The molecule has 2 nitrogen and oxygen atoms in total. The van der Waals surface area contributed by atoms with E-state index in [1.807, 2.05) is 6.92 Å². The van der Waals surface area contributed by atoms with Crippen LogP contribution in [0.5, 0.6) is 0 Å². The Kier molecular flexibility index (Phi) is 13.8. The second kappa shape index (κ2) is 13.9. The fourth-order valence-corrected chi connectivity index (χ4v) is 2.43. The van der Waals surface area contributed by atoms with E-state index in [1.165, 1.54) is 51.4 Å². The van der Waals surface area contributed by atoms with Crippen LogP contribution >= 0.6 is 0 Å². The maximum atomic E-state index is 6.09. The predicted molar refractivity (Wildman–Crippen MR) is 88.4 cm³/mol. The molecule has 0 rings (SSSR count). The normalized spacial score (nSPS) is 14.4. The van der Waals surface area contributed by atoms with Gasteiger partial charge in [0.1, 0.15) is 0 Å².